The van der Waals surface area contributed by atoms with Crippen LogP contribution in [0.5, 0.6) is 0 Å². The van der Waals surface area contributed by atoms with Gasteiger partial charge in [0, 0.05) is 6.42 Å². The summed E-state index contributed by atoms with van der Waals surface area (Å²) in [4.78, 5) is 12.8. The van der Waals surface area contributed by atoms with Gasteiger partial charge >= 0.3 is 5.97 Å². The van der Waals surface area contributed by atoms with Crippen molar-refractivity contribution in [3.05, 3.63) is 71.8 Å². The average molecular weight is 368 g/mol. The van der Waals surface area contributed by atoms with Gasteiger partial charge in [-0.1, -0.05) is 60.7 Å². The van der Waals surface area contributed by atoms with Gasteiger partial charge in [-0.05, 0) is 24.5 Å². The predicted octanol–water partition coefficient (Wildman–Crippen LogP) is 3.48. The Morgan fingerprint density at radius 2 is 1.67 bits per heavy atom. The molecule has 3 rings (SSSR count). The van der Waals surface area contributed by atoms with Crippen LogP contribution in [-0.4, -0.2) is 48.3 Å². The van der Waals surface area contributed by atoms with E-state index in [4.69, 9.17) is 4.74 Å². The minimum Gasteiger partial charge on any atom is -0.456 e. The third-order valence-electron chi connectivity index (χ3n) is 5.83. The first kappa shape index (κ1) is 19.6. The highest BCUT2D eigenvalue weighted by Crippen LogP contribution is 2.33. The topological polar surface area (TPSA) is 46.5 Å². The first-order chi connectivity index (χ1) is 13.0. The molecule has 1 saturated heterocycles. The number of aliphatic hydroxyl groups is 1. The Labute approximate surface area is 162 Å². The van der Waals surface area contributed by atoms with Crippen molar-refractivity contribution < 1.29 is 19.1 Å². The second-order valence-corrected chi connectivity index (χ2v) is 7.87. The Balaban J connectivity index is 1.78. The quantitative estimate of drug-likeness (QED) is 0.627. The van der Waals surface area contributed by atoms with Crippen molar-refractivity contribution in [1.82, 2.24) is 0 Å². The van der Waals surface area contributed by atoms with E-state index in [9.17, 15) is 9.90 Å². The number of carbonyl (C=O) groups is 1. The van der Waals surface area contributed by atoms with Crippen LogP contribution in [0.1, 0.15) is 37.3 Å². The second-order valence-electron chi connectivity index (χ2n) is 7.87. The molecule has 0 aliphatic carbocycles. The number of nitrogens with zero attached hydrogens (tertiary/aromatic N) is 1. The first-order valence-electron chi connectivity index (χ1n) is 9.82. The Hall–Kier alpha value is -2.17. The zero-order valence-electron chi connectivity index (χ0n) is 16.3. The van der Waals surface area contributed by atoms with Crippen LogP contribution in [0.25, 0.3) is 0 Å². The highest BCUT2D eigenvalue weighted by atomic mass is 16.5. The number of esters is 1. The molecule has 2 atom stereocenters. The minimum absolute atomic E-state index is 0.0769. The number of quaternary nitrogens is 1. The van der Waals surface area contributed by atoms with Gasteiger partial charge in [-0.2, -0.15) is 0 Å². The van der Waals surface area contributed by atoms with Crippen LogP contribution in [0.4, 0.5) is 0 Å². The Morgan fingerprint density at radius 3 is 2.19 bits per heavy atom. The van der Waals surface area contributed by atoms with Gasteiger partial charge in [-0.15, -0.1) is 0 Å². The predicted molar refractivity (Wildman–Crippen MR) is 106 cm³/mol. The van der Waals surface area contributed by atoms with Crippen LogP contribution in [0.3, 0.4) is 0 Å². The lowest BCUT2D eigenvalue weighted by Gasteiger charge is -2.40. The molecule has 27 heavy (non-hydrogen) atoms. The van der Waals surface area contributed by atoms with E-state index in [1.807, 2.05) is 60.7 Å². The molecule has 2 aromatic rings. The molecule has 4 nitrogen and oxygen atoms in total. The number of likely N-dealkylation sites (tertiary alicyclic amines) is 1. The van der Waals surface area contributed by atoms with Crippen LogP contribution in [0, 0.1) is 0 Å². The number of ether oxygens (including phenoxy) is 1. The summed E-state index contributed by atoms with van der Waals surface area (Å²) in [5.41, 5.74) is 0.00827. The number of likely N-dealkylation sites (N-methyl/N-ethyl adjacent to an activating group) is 1. The van der Waals surface area contributed by atoms with Crippen molar-refractivity contribution >= 4 is 5.97 Å². The van der Waals surface area contributed by atoms with Crippen LogP contribution < -0.4 is 0 Å². The van der Waals surface area contributed by atoms with E-state index in [0.717, 1.165) is 37.0 Å². The monoisotopic (exact) mass is 368 g/mol. The van der Waals surface area contributed by atoms with Gasteiger partial charge < -0.3 is 14.3 Å². The first-order valence-corrected chi connectivity index (χ1v) is 9.82. The largest absolute Gasteiger partial charge is 0.456 e. The fourth-order valence-electron chi connectivity index (χ4n) is 3.99. The van der Waals surface area contributed by atoms with Gasteiger partial charge in [0.1, 0.15) is 12.1 Å². The van der Waals surface area contributed by atoms with Gasteiger partial charge in [-0.3, -0.25) is 4.79 Å². The lowest BCUT2D eigenvalue weighted by Crippen LogP contribution is -2.53. The molecule has 2 aromatic carbocycles. The van der Waals surface area contributed by atoms with Crippen molar-refractivity contribution in [2.45, 2.75) is 37.9 Å². The van der Waals surface area contributed by atoms with Crippen molar-refractivity contribution in [2.24, 2.45) is 0 Å². The van der Waals surface area contributed by atoms with E-state index in [1.54, 1.807) is 0 Å². The maximum Gasteiger partial charge on any atom is 0.309 e. The smallest absolute Gasteiger partial charge is 0.309 e. The normalized spacial score (nSPS) is 23.0. The highest BCUT2D eigenvalue weighted by molar-refractivity contribution is 5.72. The van der Waals surface area contributed by atoms with E-state index < -0.39 is 5.60 Å². The molecule has 1 aliphatic rings. The van der Waals surface area contributed by atoms with Gasteiger partial charge in [-0.25, -0.2) is 0 Å². The van der Waals surface area contributed by atoms with Gasteiger partial charge in [0.2, 0.25) is 0 Å². The van der Waals surface area contributed by atoms with Crippen molar-refractivity contribution in [3.63, 3.8) is 0 Å². The molecular weight excluding hydrogens is 338 g/mol. The van der Waals surface area contributed by atoms with E-state index in [2.05, 4.69) is 14.0 Å². The number of rotatable bonds is 6. The summed E-state index contributed by atoms with van der Waals surface area (Å²) in [5, 5.41) is 11.5. The van der Waals surface area contributed by atoms with E-state index in [-0.39, 0.29) is 18.5 Å². The van der Waals surface area contributed by atoms with Crippen molar-refractivity contribution in [2.75, 3.05) is 26.7 Å². The summed E-state index contributed by atoms with van der Waals surface area (Å²) < 4.78 is 6.74. The maximum absolute atomic E-state index is 12.8. The molecule has 4 heteroatoms. The molecule has 0 aromatic heterocycles. The molecular formula is C23H30NO3+. The number of hydrogen-bond donors (Lipinski definition) is 1. The summed E-state index contributed by atoms with van der Waals surface area (Å²) >= 11 is 0. The molecule has 144 valence electrons. The summed E-state index contributed by atoms with van der Waals surface area (Å²) in [6.45, 7) is 5.18. The van der Waals surface area contributed by atoms with Gasteiger partial charge in [0.05, 0.1) is 26.6 Å². The van der Waals surface area contributed by atoms with E-state index >= 15 is 0 Å². The van der Waals surface area contributed by atoms with Gasteiger partial charge in [0.25, 0.3) is 0 Å². The Morgan fingerprint density at radius 1 is 1.11 bits per heavy atom. The van der Waals surface area contributed by atoms with Crippen molar-refractivity contribution in [3.8, 4) is 0 Å². The molecule has 0 amide bonds. The SMILES string of the molecule is CC[N+]1(C)CCCC(OC(=O)CC(O)(c2ccccc2)c2ccccc2)C1. The summed E-state index contributed by atoms with van der Waals surface area (Å²) in [6, 6.07) is 18.7. The van der Waals surface area contributed by atoms with Crippen LogP contribution in [0.15, 0.2) is 60.7 Å². The zero-order chi connectivity index (χ0) is 19.3. The van der Waals surface area contributed by atoms with E-state index in [0.29, 0.717) is 11.1 Å². The molecule has 0 radical (unpaired) electrons. The van der Waals surface area contributed by atoms with Crippen molar-refractivity contribution in [1.29, 1.82) is 0 Å². The number of carbonyl (C=O) groups excluding carboxylic acids is 1. The molecule has 0 spiro atoms. The molecule has 0 bridgehead atoms. The molecule has 1 aliphatic heterocycles. The summed E-state index contributed by atoms with van der Waals surface area (Å²) in [6.07, 6.45) is 1.79. The molecule has 0 saturated carbocycles. The molecule has 1 N–H and O–H groups in total. The number of piperidine rings is 1. The second kappa shape index (κ2) is 8.24. The molecule has 1 heterocycles. The Kier molecular flexibility index (Phi) is 5.98. The lowest BCUT2D eigenvalue weighted by atomic mass is 9.83. The lowest BCUT2D eigenvalue weighted by molar-refractivity contribution is -0.915. The third-order valence-corrected chi connectivity index (χ3v) is 5.83. The standard InChI is InChI=1S/C23H30NO3/c1-3-24(2)16-10-15-21(18-24)27-22(25)17-23(26,19-11-6-4-7-12-19)20-13-8-5-9-14-20/h4-9,11-14,21,26H,3,10,15-18H2,1-2H3/q+1. The fourth-order valence-corrected chi connectivity index (χ4v) is 3.99. The zero-order valence-corrected chi connectivity index (χ0v) is 16.3. The van der Waals surface area contributed by atoms with Crippen LogP contribution in [-0.2, 0) is 15.1 Å². The molecule has 2 unspecified atom stereocenters. The van der Waals surface area contributed by atoms with Crippen LogP contribution in [0.2, 0.25) is 0 Å². The van der Waals surface area contributed by atoms with Gasteiger partial charge in [0.15, 0.2) is 6.10 Å². The number of benzene rings is 2. The number of hydrogen-bond acceptors (Lipinski definition) is 3. The average Bonchev–Trinajstić information content (AvgIpc) is 2.69. The summed E-state index contributed by atoms with van der Waals surface area (Å²) in [5.74, 6) is -0.347. The minimum atomic E-state index is -1.39. The van der Waals surface area contributed by atoms with Crippen LogP contribution >= 0.6 is 0 Å². The third kappa shape index (κ3) is 4.57. The van der Waals surface area contributed by atoms with E-state index in [1.165, 1.54) is 0 Å². The molecule has 1 fully saturated rings. The fraction of sp³-hybridized carbons (Fsp3) is 0.435. The highest BCUT2D eigenvalue weighted by Gasteiger charge is 2.37. The Bertz CT molecular complexity index is 707. The maximum atomic E-state index is 12.8. The summed E-state index contributed by atoms with van der Waals surface area (Å²) in [7, 11) is 2.21.